The summed E-state index contributed by atoms with van der Waals surface area (Å²) in [7, 11) is 0. The molecule has 0 radical (unpaired) electrons. The van der Waals surface area contributed by atoms with E-state index in [0.717, 1.165) is 9.13 Å². The van der Waals surface area contributed by atoms with E-state index in [0.29, 0.717) is 16.8 Å². The molecule has 3 aromatic rings. The standard InChI is InChI=1S/C24H19IN2O4/c1-14-6-5-9-16(12-14)20-22(28)26-19-11-10-17(25)13-18(19)23(29)27(20)21(24(30)31)15-7-3-2-4-8-15/h2-13,20-21H,1H3,(H,26,28)(H,30,31). The van der Waals surface area contributed by atoms with Crippen molar-refractivity contribution in [3.8, 4) is 0 Å². The predicted octanol–water partition coefficient (Wildman–Crippen LogP) is 4.56. The average molecular weight is 526 g/mol. The van der Waals surface area contributed by atoms with Crippen molar-refractivity contribution in [2.24, 2.45) is 0 Å². The normalized spacial score (nSPS) is 16.8. The maximum Gasteiger partial charge on any atom is 0.331 e. The predicted molar refractivity (Wildman–Crippen MR) is 125 cm³/mol. The summed E-state index contributed by atoms with van der Waals surface area (Å²) in [5, 5.41) is 13.0. The fraction of sp³-hybridized carbons (Fsp3) is 0.125. The first-order valence-electron chi connectivity index (χ1n) is 9.64. The van der Waals surface area contributed by atoms with Crippen LogP contribution in [0.2, 0.25) is 0 Å². The zero-order chi connectivity index (χ0) is 22.1. The molecule has 1 aliphatic heterocycles. The van der Waals surface area contributed by atoms with Crippen molar-refractivity contribution >= 4 is 46.1 Å². The number of anilines is 1. The number of rotatable bonds is 4. The number of aryl methyl sites for hydroxylation is 1. The number of carbonyl (C=O) groups is 3. The first-order chi connectivity index (χ1) is 14.9. The van der Waals surface area contributed by atoms with Crippen LogP contribution in [0.1, 0.15) is 39.1 Å². The van der Waals surface area contributed by atoms with Gasteiger partial charge < -0.3 is 15.3 Å². The number of halogens is 1. The van der Waals surface area contributed by atoms with Crippen LogP contribution in [-0.4, -0.2) is 27.8 Å². The Morgan fingerprint density at radius 1 is 1.03 bits per heavy atom. The third-order valence-electron chi connectivity index (χ3n) is 5.22. The highest BCUT2D eigenvalue weighted by molar-refractivity contribution is 14.1. The number of carboxylic acid groups (broad SMARTS) is 1. The number of carboxylic acids is 1. The van der Waals surface area contributed by atoms with Crippen LogP contribution < -0.4 is 5.32 Å². The number of amides is 2. The summed E-state index contributed by atoms with van der Waals surface area (Å²) < 4.78 is 0.805. The van der Waals surface area contributed by atoms with Gasteiger partial charge in [0.25, 0.3) is 11.8 Å². The van der Waals surface area contributed by atoms with Crippen LogP contribution in [0.15, 0.2) is 72.8 Å². The van der Waals surface area contributed by atoms with Gasteiger partial charge in [-0.1, -0.05) is 60.2 Å². The Morgan fingerprint density at radius 2 is 1.77 bits per heavy atom. The van der Waals surface area contributed by atoms with Crippen molar-refractivity contribution in [3.05, 3.63) is 98.6 Å². The Labute approximate surface area is 193 Å². The zero-order valence-electron chi connectivity index (χ0n) is 16.6. The molecule has 0 aromatic heterocycles. The number of benzene rings is 3. The second kappa shape index (κ2) is 8.50. The monoisotopic (exact) mass is 526 g/mol. The topological polar surface area (TPSA) is 86.7 Å². The van der Waals surface area contributed by atoms with Gasteiger partial charge in [0, 0.05) is 3.57 Å². The van der Waals surface area contributed by atoms with Gasteiger partial charge >= 0.3 is 5.97 Å². The lowest BCUT2D eigenvalue weighted by atomic mass is 9.97. The minimum absolute atomic E-state index is 0.262. The van der Waals surface area contributed by atoms with Gasteiger partial charge in [0.15, 0.2) is 6.04 Å². The Morgan fingerprint density at radius 3 is 2.45 bits per heavy atom. The van der Waals surface area contributed by atoms with E-state index in [4.69, 9.17) is 0 Å². The number of fused-ring (bicyclic) bond motifs is 1. The third-order valence-corrected chi connectivity index (χ3v) is 5.89. The fourth-order valence-electron chi connectivity index (χ4n) is 3.86. The number of hydrogen-bond acceptors (Lipinski definition) is 3. The summed E-state index contributed by atoms with van der Waals surface area (Å²) in [6.45, 7) is 1.88. The van der Waals surface area contributed by atoms with Gasteiger partial charge in [-0.3, -0.25) is 9.59 Å². The zero-order valence-corrected chi connectivity index (χ0v) is 18.7. The molecular weight excluding hydrogens is 507 g/mol. The molecule has 3 aromatic carbocycles. The first-order valence-corrected chi connectivity index (χ1v) is 10.7. The summed E-state index contributed by atoms with van der Waals surface area (Å²) in [5.74, 6) is -2.19. The molecule has 0 saturated carbocycles. The molecular formula is C24H19IN2O4. The minimum atomic E-state index is -1.34. The minimum Gasteiger partial charge on any atom is -0.479 e. The van der Waals surface area contributed by atoms with E-state index in [9.17, 15) is 19.5 Å². The van der Waals surface area contributed by atoms with Crippen LogP contribution in [0.4, 0.5) is 5.69 Å². The van der Waals surface area contributed by atoms with Crippen molar-refractivity contribution < 1.29 is 19.5 Å². The van der Waals surface area contributed by atoms with Gasteiger partial charge in [-0.15, -0.1) is 0 Å². The number of hydrogen-bond donors (Lipinski definition) is 2. The van der Waals surface area contributed by atoms with Crippen molar-refractivity contribution in [2.75, 3.05) is 5.32 Å². The number of carbonyl (C=O) groups excluding carboxylic acids is 2. The lowest BCUT2D eigenvalue weighted by Crippen LogP contribution is -2.44. The molecule has 2 unspecified atom stereocenters. The Bertz CT molecular complexity index is 1180. The molecule has 2 amide bonds. The fourth-order valence-corrected chi connectivity index (χ4v) is 4.35. The highest BCUT2D eigenvalue weighted by Crippen LogP contribution is 2.38. The van der Waals surface area contributed by atoms with Gasteiger partial charge in [-0.05, 0) is 58.8 Å². The van der Waals surface area contributed by atoms with Crippen LogP contribution in [0, 0.1) is 10.5 Å². The van der Waals surface area contributed by atoms with Gasteiger partial charge in [-0.2, -0.15) is 0 Å². The molecule has 1 heterocycles. The van der Waals surface area contributed by atoms with E-state index in [1.165, 1.54) is 4.90 Å². The molecule has 0 spiro atoms. The lowest BCUT2D eigenvalue weighted by molar-refractivity contribution is -0.144. The SMILES string of the molecule is Cc1cccc(C2C(=O)Nc3ccc(I)cc3C(=O)N2C(C(=O)O)c2ccccc2)c1. The first kappa shape index (κ1) is 21.0. The molecule has 1 aliphatic rings. The van der Waals surface area contributed by atoms with E-state index < -0.39 is 29.9 Å². The van der Waals surface area contributed by atoms with Crippen molar-refractivity contribution in [2.45, 2.75) is 19.0 Å². The van der Waals surface area contributed by atoms with E-state index in [2.05, 4.69) is 27.9 Å². The molecule has 0 bridgehead atoms. The molecule has 7 heteroatoms. The number of nitrogens with one attached hydrogen (secondary N) is 1. The summed E-state index contributed by atoms with van der Waals surface area (Å²) in [5.41, 5.74) is 2.50. The van der Waals surface area contributed by atoms with Gasteiger partial charge in [0.05, 0.1) is 11.3 Å². The summed E-state index contributed by atoms with van der Waals surface area (Å²) in [4.78, 5) is 40.8. The number of nitrogens with zero attached hydrogens (tertiary/aromatic N) is 1. The van der Waals surface area contributed by atoms with E-state index in [1.807, 2.05) is 13.0 Å². The highest BCUT2D eigenvalue weighted by Gasteiger charge is 2.43. The summed E-state index contributed by atoms with van der Waals surface area (Å²) in [6.07, 6.45) is 0. The van der Waals surface area contributed by atoms with Gasteiger partial charge in [-0.25, -0.2) is 4.79 Å². The molecule has 0 aliphatic carbocycles. The van der Waals surface area contributed by atoms with Gasteiger partial charge in [0.2, 0.25) is 0 Å². The van der Waals surface area contributed by atoms with Gasteiger partial charge in [0.1, 0.15) is 6.04 Å². The van der Waals surface area contributed by atoms with Crippen molar-refractivity contribution in [1.29, 1.82) is 0 Å². The maximum absolute atomic E-state index is 13.8. The quantitative estimate of drug-likeness (QED) is 0.489. The van der Waals surface area contributed by atoms with Crippen LogP contribution in [0.3, 0.4) is 0 Å². The van der Waals surface area contributed by atoms with Crippen LogP contribution in [0.25, 0.3) is 0 Å². The largest absolute Gasteiger partial charge is 0.479 e. The van der Waals surface area contributed by atoms with Crippen molar-refractivity contribution in [1.82, 2.24) is 4.90 Å². The lowest BCUT2D eigenvalue weighted by Gasteiger charge is -2.34. The van der Waals surface area contributed by atoms with Crippen molar-refractivity contribution in [3.63, 3.8) is 0 Å². The molecule has 0 saturated heterocycles. The molecule has 2 N–H and O–H groups in total. The Hall–Kier alpha value is -3.20. The molecule has 4 rings (SSSR count). The second-order valence-electron chi connectivity index (χ2n) is 7.36. The van der Waals surface area contributed by atoms with E-state index >= 15 is 0 Å². The summed E-state index contributed by atoms with van der Waals surface area (Å²) >= 11 is 2.08. The van der Waals surface area contributed by atoms with Crippen LogP contribution in [-0.2, 0) is 9.59 Å². The van der Waals surface area contributed by atoms with E-state index in [1.54, 1.807) is 66.7 Å². The third kappa shape index (κ3) is 4.05. The van der Waals surface area contributed by atoms with Crippen LogP contribution >= 0.6 is 22.6 Å². The molecule has 2 atom stereocenters. The highest BCUT2D eigenvalue weighted by atomic mass is 127. The smallest absolute Gasteiger partial charge is 0.331 e. The average Bonchev–Trinajstić information content (AvgIpc) is 2.84. The number of aliphatic carboxylic acids is 1. The second-order valence-corrected chi connectivity index (χ2v) is 8.61. The molecule has 0 fully saturated rings. The Kier molecular flexibility index (Phi) is 5.77. The maximum atomic E-state index is 13.8. The van der Waals surface area contributed by atoms with Crippen LogP contribution in [0.5, 0.6) is 0 Å². The van der Waals surface area contributed by atoms with E-state index in [-0.39, 0.29) is 5.56 Å². The molecule has 6 nitrogen and oxygen atoms in total. The molecule has 31 heavy (non-hydrogen) atoms. The summed E-state index contributed by atoms with van der Waals surface area (Å²) in [6, 6.07) is 18.4. The Balaban J connectivity index is 1.97. The molecule has 156 valence electrons.